The Morgan fingerprint density at radius 1 is 0.733 bits per heavy atom. The lowest BCUT2D eigenvalue weighted by Crippen LogP contribution is -2.72. The number of rotatable bonds is 14. The predicted molar refractivity (Wildman–Crippen MR) is 196 cm³/mol. The van der Waals surface area contributed by atoms with Gasteiger partial charge in [-0.25, -0.2) is 0 Å². The second kappa shape index (κ2) is 16.0. The maximum atomic E-state index is 12.1. The highest BCUT2D eigenvalue weighted by Gasteiger charge is 2.51. The fourth-order valence-electron chi connectivity index (χ4n) is 6.63. The van der Waals surface area contributed by atoms with E-state index in [1.54, 1.807) is 0 Å². The van der Waals surface area contributed by atoms with Crippen LogP contribution in [0.2, 0.25) is 0 Å². The minimum atomic E-state index is -3.03. The summed E-state index contributed by atoms with van der Waals surface area (Å²) in [6.07, 6.45) is 0.412. The molecule has 0 spiro atoms. The smallest absolute Gasteiger partial charge is 0.288 e. The van der Waals surface area contributed by atoms with E-state index in [0.29, 0.717) is 17.8 Å². The zero-order chi connectivity index (χ0) is 31.7. The van der Waals surface area contributed by atoms with Crippen molar-refractivity contribution in [1.82, 2.24) is 0 Å². The Morgan fingerprint density at radius 3 is 1.64 bits per heavy atom. The molecule has 0 unspecified atom stereocenters. The molecule has 1 N–H and O–H groups in total. The number of thioether (sulfide) groups is 2. The van der Waals surface area contributed by atoms with Gasteiger partial charge in [0.15, 0.2) is 0 Å². The lowest BCUT2D eigenvalue weighted by molar-refractivity contribution is -0.0585. The third-order valence-electron chi connectivity index (χ3n) is 9.10. The molecule has 1 heterocycles. The molecule has 0 aliphatic carbocycles. The summed E-state index contributed by atoms with van der Waals surface area (Å²) in [5.41, 5.74) is 0.919. The van der Waals surface area contributed by atoms with Crippen LogP contribution < -0.4 is 15.6 Å². The van der Waals surface area contributed by atoms with Gasteiger partial charge in [0.2, 0.25) is 0 Å². The van der Waals surface area contributed by atoms with E-state index in [1.165, 1.54) is 22.0 Å². The molecule has 0 saturated carbocycles. The predicted octanol–water partition coefficient (Wildman–Crippen LogP) is 7.11. The molecule has 6 heteroatoms. The summed E-state index contributed by atoms with van der Waals surface area (Å²) in [5.74, 6) is 2.13. The first-order valence-electron chi connectivity index (χ1n) is 16.2. The van der Waals surface area contributed by atoms with Gasteiger partial charge in [-0.05, 0) is 39.1 Å². The van der Waals surface area contributed by atoms with Crippen molar-refractivity contribution < 1.29 is 14.3 Å². The van der Waals surface area contributed by atoms with Crippen molar-refractivity contribution >= 4 is 47.4 Å². The van der Waals surface area contributed by atoms with Crippen LogP contribution >= 0.6 is 23.5 Å². The molecule has 45 heavy (non-hydrogen) atoms. The van der Waals surface area contributed by atoms with Crippen LogP contribution in [0.5, 0.6) is 0 Å². The molecule has 238 valence electrons. The van der Waals surface area contributed by atoms with E-state index >= 15 is 0 Å². The van der Waals surface area contributed by atoms with Crippen LogP contribution in [0.25, 0.3) is 0 Å². The number of aliphatic hydroxyl groups excluding tert-OH is 1. The van der Waals surface area contributed by atoms with Crippen molar-refractivity contribution in [2.24, 2.45) is 17.3 Å². The lowest BCUT2D eigenvalue weighted by Gasteiger charge is -2.49. The number of aliphatic hydroxyl groups is 1. The Morgan fingerprint density at radius 2 is 1.18 bits per heavy atom. The summed E-state index contributed by atoms with van der Waals surface area (Å²) in [4.78, 5) is 0. The average molecular weight is 657 g/mol. The van der Waals surface area contributed by atoms with Gasteiger partial charge in [-0.1, -0.05) is 149 Å². The zero-order valence-electron chi connectivity index (χ0n) is 27.0. The fraction of sp³-hybridized carbons (Fsp3) is 0.385. The number of ether oxygens (including phenoxy) is 1. The van der Waals surface area contributed by atoms with Crippen molar-refractivity contribution in [2.75, 3.05) is 18.1 Å². The van der Waals surface area contributed by atoms with Crippen LogP contribution in [-0.2, 0) is 15.8 Å². The Hall–Kier alpha value is -2.32. The molecular formula is C39H48O3S2Si. The van der Waals surface area contributed by atoms with E-state index in [1.807, 2.05) is 18.2 Å². The largest absolute Gasteiger partial charge is 0.400 e. The first-order valence-corrected chi connectivity index (χ1v) is 20.2. The molecule has 0 aromatic heterocycles. The van der Waals surface area contributed by atoms with E-state index in [0.717, 1.165) is 17.1 Å². The minimum Gasteiger partial charge on any atom is -0.400 e. The van der Waals surface area contributed by atoms with Gasteiger partial charge < -0.3 is 14.3 Å². The van der Waals surface area contributed by atoms with E-state index in [9.17, 15) is 5.11 Å². The Kier molecular flexibility index (Phi) is 12.1. The van der Waals surface area contributed by atoms with Crippen LogP contribution in [0.15, 0.2) is 121 Å². The van der Waals surface area contributed by atoms with Crippen LogP contribution in [-0.4, -0.2) is 48.3 Å². The molecule has 5 rings (SSSR count). The highest BCUT2D eigenvalue weighted by atomic mass is 32.2. The standard InChI is InChI=1S/C39H48O3S2Si/c1-30(28-41-29-32-18-9-5-10-19-32)36(40)31(2)37(39(3,4)38-43-26-17-27-44-38)42-45(33-20-11-6-12-21-33,34-22-13-7-14-23-34)35-24-15-8-16-25-35/h5-16,18-25,30-31,36-38,40H,17,26-29H2,1-4H3/t30-,31+,36-,37+/m0/s1. The topological polar surface area (TPSA) is 38.7 Å². The van der Waals surface area contributed by atoms with Crippen LogP contribution in [0.1, 0.15) is 39.7 Å². The van der Waals surface area contributed by atoms with Crippen molar-refractivity contribution in [1.29, 1.82) is 0 Å². The normalized spacial score (nSPS) is 17.4. The molecule has 0 amide bonds. The SMILES string of the molecule is C[C@H]([C@@H](O)[C@@H](C)COCc1ccccc1)[C@@H](O[Si](c1ccccc1)(c1ccccc1)c1ccccc1)C(C)(C)C1SCCCS1. The molecule has 0 radical (unpaired) electrons. The second-order valence-electron chi connectivity index (χ2n) is 12.9. The maximum Gasteiger partial charge on any atom is 0.288 e. The van der Waals surface area contributed by atoms with E-state index < -0.39 is 14.4 Å². The summed E-state index contributed by atoms with van der Waals surface area (Å²) < 4.78 is 14.4. The van der Waals surface area contributed by atoms with Crippen molar-refractivity contribution in [2.45, 2.75) is 57.5 Å². The van der Waals surface area contributed by atoms with Gasteiger partial charge >= 0.3 is 0 Å². The molecule has 4 atom stereocenters. The third-order valence-corrected chi connectivity index (χ3v) is 16.8. The molecular weight excluding hydrogens is 609 g/mol. The number of hydrogen-bond acceptors (Lipinski definition) is 5. The first kappa shape index (κ1) is 34.0. The van der Waals surface area contributed by atoms with E-state index in [-0.39, 0.29) is 23.4 Å². The zero-order valence-corrected chi connectivity index (χ0v) is 29.7. The Labute approximate surface area is 280 Å². The third kappa shape index (κ3) is 7.98. The average Bonchev–Trinajstić information content (AvgIpc) is 3.10. The van der Waals surface area contributed by atoms with Crippen LogP contribution in [0.4, 0.5) is 0 Å². The van der Waals surface area contributed by atoms with Gasteiger partial charge in [-0.15, -0.1) is 23.5 Å². The maximum absolute atomic E-state index is 12.1. The van der Waals surface area contributed by atoms with E-state index in [2.05, 4.69) is 154 Å². The molecule has 4 aromatic carbocycles. The Bertz CT molecular complexity index is 1320. The summed E-state index contributed by atoms with van der Waals surface area (Å²) in [6.45, 7) is 10.1. The number of hydrogen-bond donors (Lipinski definition) is 1. The molecule has 3 nitrogen and oxygen atoms in total. The molecule has 0 bridgehead atoms. The summed E-state index contributed by atoms with van der Waals surface area (Å²) in [6, 6.07) is 42.7. The van der Waals surface area contributed by atoms with Gasteiger partial charge in [0.05, 0.1) is 30.0 Å². The molecule has 1 fully saturated rings. The summed E-state index contributed by atoms with van der Waals surface area (Å²) >= 11 is 4.11. The summed E-state index contributed by atoms with van der Waals surface area (Å²) in [7, 11) is -3.03. The van der Waals surface area contributed by atoms with Crippen LogP contribution in [0, 0.1) is 17.3 Å². The fourth-order valence-corrected chi connectivity index (χ4v) is 14.2. The minimum absolute atomic E-state index is 0.0569. The lowest BCUT2D eigenvalue weighted by atomic mass is 9.77. The van der Waals surface area contributed by atoms with Crippen molar-refractivity contribution in [3.63, 3.8) is 0 Å². The van der Waals surface area contributed by atoms with Gasteiger partial charge in [-0.3, -0.25) is 0 Å². The molecule has 1 aliphatic rings. The summed E-state index contributed by atoms with van der Waals surface area (Å²) in [5, 5.41) is 15.7. The highest BCUT2D eigenvalue weighted by molar-refractivity contribution is 8.17. The molecule has 1 saturated heterocycles. The first-order chi connectivity index (χ1) is 21.8. The molecule has 1 aliphatic heterocycles. The quantitative estimate of drug-likeness (QED) is 0.116. The second-order valence-corrected chi connectivity index (χ2v) is 18.9. The van der Waals surface area contributed by atoms with Gasteiger partial charge in [0.25, 0.3) is 8.32 Å². The van der Waals surface area contributed by atoms with Gasteiger partial charge in [0.1, 0.15) is 0 Å². The highest BCUT2D eigenvalue weighted by Crippen LogP contribution is 2.48. The van der Waals surface area contributed by atoms with Crippen molar-refractivity contribution in [3.8, 4) is 0 Å². The van der Waals surface area contributed by atoms with Crippen LogP contribution in [0.3, 0.4) is 0 Å². The van der Waals surface area contributed by atoms with Crippen molar-refractivity contribution in [3.05, 3.63) is 127 Å². The van der Waals surface area contributed by atoms with Gasteiger partial charge in [0, 0.05) is 17.3 Å². The molecule has 4 aromatic rings. The van der Waals surface area contributed by atoms with Gasteiger partial charge in [-0.2, -0.15) is 0 Å². The number of benzene rings is 4. The Balaban J connectivity index is 1.55. The monoisotopic (exact) mass is 656 g/mol. The van der Waals surface area contributed by atoms with E-state index in [4.69, 9.17) is 9.16 Å².